The van der Waals surface area contributed by atoms with Crippen molar-refractivity contribution >= 4 is 27.6 Å². The first kappa shape index (κ1) is 21.0. The Balaban J connectivity index is 2.08. The van der Waals surface area contributed by atoms with Crippen LogP contribution in [0.15, 0.2) is 36.4 Å². The number of hydrogen-bond donors (Lipinski definition) is 1. The van der Waals surface area contributed by atoms with Crippen LogP contribution in [0.25, 0.3) is 0 Å². The summed E-state index contributed by atoms with van der Waals surface area (Å²) in [6.45, 7) is 3.20. The van der Waals surface area contributed by atoms with Gasteiger partial charge in [-0.1, -0.05) is 37.3 Å². The molecule has 2 unspecified atom stereocenters. The molecule has 3 rings (SSSR count). The number of halogens is 1. The summed E-state index contributed by atoms with van der Waals surface area (Å²) in [4.78, 5) is 17.7. The van der Waals surface area contributed by atoms with Crippen LogP contribution in [0.5, 0.6) is 0 Å². The Morgan fingerprint density at radius 3 is 2.45 bits per heavy atom. The molecule has 7 nitrogen and oxygen atoms in total. The lowest BCUT2D eigenvalue weighted by Crippen LogP contribution is -2.31. The van der Waals surface area contributed by atoms with Gasteiger partial charge in [0, 0.05) is 20.1 Å². The van der Waals surface area contributed by atoms with E-state index in [4.69, 9.17) is 0 Å². The molecule has 29 heavy (non-hydrogen) atoms. The van der Waals surface area contributed by atoms with E-state index in [0.29, 0.717) is 29.2 Å². The van der Waals surface area contributed by atoms with E-state index >= 15 is 0 Å². The highest BCUT2D eigenvalue weighted by Crippen LogP contribution is 2.39. The van der Waals surface area contributed by atoms with Crippen LogP contribution in [0.3, 0.4) is 0 Å². The van der Waals surface area contributed by atoms with E-state index in [1.807, 2.05) is 35.2 Å². The number of hydrogen-bond acceptors (Lipinski definition) is 5. The first-order valence-electron chi connectivity index (χ1n) is 9.24. The molecule has 1 fully saturated rings. The Hall–Kier alpha value is -2.68. The lowest BCUT2D eigenvalue weighted by Gasteiger charge is -2.26. The van der Waals surface area contributed by atoms with E-state index in [2.05, 4.69) is 11.9 Å². The van der Waals surface area contributed by atoms with Gasteiger partial charge in [-0.2, -0.15) is 0 Å². The van der Waals surface area contributed by atoms with E-state index in [-0.39, 0.29) is 5.82 Å². The molecular formula is C20H24FN3O4S. The molecule has 0 radical (unpaired) electrons. The zero-order valence-electron chi connectivity index (χ0n) is 16.5. The van der Waals surface area contributed by atoms with E-state index < -0.39 is 33.2 Å². The normalized spacial score (nSPS) is 18.3. The van der Waals surface area contributed by atoms with Crippen molar-refractivity contribution in [2.75, 3.05) is 29.1 Å². The van der Waals surface area contributed by atoms with E-state index in [1.54, 1.807) is 0 Å². The van der Waals surface area contributed by atoms with Gasteiger partial charge in [0.2, 0.25) is 10.0 Å². The first-order chi connectivity index (χ1) is 13.6. The van der Waals surface area contributed by atoms with Crippen LogP contribution in [-0.4, -0.2) is 44.3 Å². The summed E-state index contributed by atoms with van der Waals surface area (Å²) in [5.41, 5.74) is 0.379. The number of carboxylic acids is 1. The highest BCUT2D eigenvalue weighted by molar-refractivity contribution is 7.92. The molecule has 0 amide bonds. The van der Waals surface area contributed by atoms with Crippen LogP contribution in [0.1, 0.15) is 29.3 Å². The highest BCUT2D eigenvalue weighted by atomic mass is 32.2. The predicted molar refractivity (Wildman–Crippen MR) is 109 cm³/mol. The van der Waals surface area contributed by atoms with Gasteiger partial charge in [0.25, 0.3) is 0 Å². The molecule has 0 spiro atoms. The van der Waals surface area contributed by atoms with Crippen molar-refractivity contribution in [3.05, 3.63) is 53.3 Å². The maximum atomic E-state index is 14.7. The van der Waals surface area contributed by atoms with E-state index in [1.165, 1.54) is 6.07 Å². The van der Waals surface area contributed by atoms with Crippen molar-refractivity contribution in [1.29, 1.82) is 0 Å². The zero-order chi connectivity index (χ0) is 21.3. The van der Waals surface area contributed by atoms with Gasteiger partial charge in [0.1, 0.15) is 11.4 Å². The van der Waals surface area contributed by atoms with Crippen molar-refractivity contribution in [3.63, 3.8) is 0 Å². The van der Waals surface area contributed by atoms with E-state index in [9.17, 15) is 22.7 Å². The summed E-state index contributed by atoms with van der Waals surface area (Å²) >= 11 is 0. The fourth-order valence-corrected chi connectivity index (χ4v) is 3.60. The molecule has 2 atom stereocenters. The Morgan fingerprint density at radius 1 is 1.31 bits per heavy atom. The average molecular weight is 421 g/mol. The fourth-order valence-electron chi connectivity index (χ4n) is 3.17. The molecule has 2 aromatic rings. The lowest BCUT2D eigenvalue weighted by molar-refractivity contribution is 0.0691. The molecule has 9 heteroatoms. The van der Waals surface area contributed by atoms with Gasteiger partial charge in [0.05, 0.1) is 6.26 Å². The van der Waals surface area contributed by atoms with Crippen molar-refractivity contribution < 1.29 is 22.7 Å². The number of rotatable bonds is 8. The third-order valence-corrected chi connectivity index (χ3v) is 6.39. The van der Waals surface area contributed by atoms with Gasteiger partial charge in [-0.25, -0.2) is 22.6 Å². The number of carbonyl (C=O) groups is 1. The van der Waals surface area contributed by atoms with Gasteiger partial charge in [-0.15, -0.1) is 0 Å². The predicted octanol–water partition coefficient (Wildman–Crippen LogP) is 2.98. The summed E-state index contributed by atoms with van der Waals surface area (Å²) in [7, 11) is -2.67. The van der Waals surface area contributed by atoms with E-state index in [0.717, 1.165) is 25.3 Å². The lowest BCUT2D eigenvalue weighted by atomic mass is 10.1. The maximum absolute atomic E-state index is 14.7. The quantitative estimate of drug-likeness (QED) is 0.705. The van der Waals surface area contributed by atoms with Crippen LogP contribution in [0.2, 0.25) is 0 Å². The highest BCUT2D eigenvalue weighted by Gasteiger charge is 2.35. The second-order valence-corrected chi connectivity index (χ2v) is 9.55. The third kappa shape index (κ3) is 4.84. The monoisotopic (exact) mass is 421 g/mol. The molecular weight excluding hydrogens is 397 g/mol. The molecule has 0 bridgehead atoms. The average Bonchev–Trinajstić information content (AvgIpc) is 3.35. The Morgan fingerprint density at radius 2 is 1.93 bits per heavy atom. The molecule has 1 aromatic carbocycles. The van der Waals surface area contributed by atoms with Gasteiger partial charge in [-0.05, 0) is 29.9 Å². The van der Waals surface area contributed by atoms with Crippen LogP contribution < -0.4 is 9.21 Å². The summed E-state index contributed by atoms with van der Waals surface area (Å²) in [6, 6.07) is 10.7. The number of nitrogens with zero attached hydrogens (tertiary/aromatic N) is 3. The summed E-state index contributed by atoms with van der Waals surface area (Å²) < 4.78 is 39.3. The number of carboxylic acid groups (broad SMARTS) is 1. The van der Waals surface area contributed by atoms with Crippen LogP contribution in [0, 0.1) is 17.7 Å². The number of aromatic carboxylic acids is 1. The molecule has 1 saturated carbocycles. The van der Waals surface area contributed by atoms with Crippen molar-refractivity contribution in [2.45, 2.75) is 19.9 Å². The van der Waals surface area contributed by atoms with Crippen LogP contribution in [-0.2, 0) is 16.6 Å². The first-order valence-corrected chi connectivity index (χ1v) is 11.1. The van der Waals surface area contributed by atoms with Crippen molar-refractivity contribution in [3.8, 4) is 0 Å². The molecule has 1 aliphatic rings. The topological polar surface area (TPSA) is 90.8 Å². The number of sulfonamides is 1. The Labute approximate surface area is 169 Å². The van der Waals surface area contributed by atoms with Crippen LogP contribution in [0.4, 0.5) is 16.0 Å². The second-order valence-electron chi connectivity index (χ2n) is 7.54. The zero-order valence-corrected chi connectivity index (χ0v) is 17.4. The summed E-state index contributed by atoms with van der Waals surface area (Å²) in [5.74, 6) is -1.97. The minimum atomic E-state index is -3.82. The number of benzene rings is 1. The van der Waals surface area contributed by atoms with Crippen molar-refractivity contribution in [1.82, 2.24) is 4.98 Å². The van der Waals surface area contributed by atoms with Gasteiger partial charge in [-0.3, -0.25) is 4.31 Å². The minimum absolute atomic E-state index is 0.234. The second kappa shape index (κ2) is 7.98. The van der Waals surface area contributed by atoms with Crippen molar-refractivity contribution in [2.24, 2.45) is 11.8 Å². The molecule has 1 aliphatic carbocycles. The summed E-state index contributed by atoms with van der Waals surface area (Å²) in [5, 5.41) is 9.45. The number of aromatic nitrogens is 1. The Bertz CT molecular complexity index is 1010. The molecule has 1 heterocycles. The molecule has 0 aliphatic heterocycles. The van der Waals surface area contributed by atoms with Crippen LogP contribution >= 0.6 is 0 Å². The standard InChI is InChI=1S/C20H24FN3O4S/c1-13-9-15(13)12-24(11-14-7-5-4-6-8-14)17-10-16(20(25)26)18(21)19(22-17)23(2)29(3,27)28/h4-8,10,13,15H,9,11-12H2,1-3H3,(H,25,26). The molecule has 156 valence electrons. The molecule has 0 saturated heterocycles. The third-order valence-electron chi connectivity index (χ3n) is 5.22. The minimum Gasteiger partial charge on any atom is -0.478 e. The fraction of sp³-hybridized carbons (Fsp3) is 0.400. The summed E-state index contributed by atoms with van der Waals surface area (Å²) in [6.07, 6.45) is 1.96. The number of anilines is 2. The Kier molecular flexibility index (Phi) is 5.79. The van der Waals surface area contributed by atoms with Gasteiger partial charge in [0.15, 0.2) is 11.6 Å². The molecule has 1 aromatic heterocycles. The molecule has 1 N–H and O–H groups in total. The smallest absolute Gasteiger partial charge is 0.338 e. The SMILES string of the molecule is CC1CC1CN(Cc1ccccc1)c1cc(C(=O)O)c(F)c(N(C)S(C)(=O)=O)n1. The van der Waals surface area contributed by atoms with Gasteiger partial charge < -0.3 is 10.0 Å². The van der Waals surface area contributed by atoms with Gasteiger partial charge >= 0.3 is 5.97 Å². The largest absolute Gasteiger partial charge is 0.478 e. The maximum Gasteiger partial charge on any atom is 0.338 e. The number of pyridine rings is 1.